The number of hydrogen-bond acceptors (Lipinski definition) is 3. The first-order valence-electron chi connectivity index (χ1n) is 5.88. The fourth-order valence-electron chi connectivity index (χ4n) is 1.50. The van der Waals surface area contributed by atoms with Crippen molar-refractivity contribution < 1.29 is 8.95 Å². The Bertz CT molecular complexity index is 355. The molecule has 1 N–H and O–H groups in total. The fraction of sp³-hybridized carbons (Fsp3) is 0.538. The number of hydrogen-bond donors (Lipinski definition) is 1. The highest BCUT2D eigenvalue weighted by molar-refractivity contribution is 7.85. The van der Waals surface area contributed by atoms with Crippen LogP contribution in [0.15, 0.2) is 29.2 Å². The molecular formula is C13H21NO2S. The summed E-state index contributed by atoms with van der Waals surface area (Å²) in [7, 11) is 0.817. The molecule has 0 fully saturated rings. The maximum atomic E-state index is 11.9. The monoisotopic (exact) mass is 255 g/mol. The van der Waals surface area contributed by atoms with E-state index in [-0.39, 0.29) is 0 Å². The standard InChI is InChI=1S/C13H21NO2S/c1-12-5-3-6-13(11-12)17(15)10-4-7-14-8-9-16-2/h3,5-6,11,14H,4,7-10H2,1-2H3. The van der Waals surface area contributed by atoms with Gasteiger partial charge in [-0.25, -0.2) is 0 Å². The maximum absolute atomic E-state index is 11.9. The molecule has 0 aliphatic carbocycles. The molecular weight excluding hydrogens is 234 g/mol. The van der Waals surface area contributed by atoms with E-state index in [1.54, 1.807) is 7.11 Å². The Morgan fingerprint density at radius 3 is 2.88 bits per heavy atom. The Morgan fingerprint density at radius 2 is 2.18 bits per heavy atom. The molecule has 17 heavy (non-hydrogen) atoms. The molecule has 0 aliphatic rings. The van der Waals surface area contributed by atoms with E-state index >= 15 is 0 Å². The normalized spacial score (nSPS) is 12.6. The Kier molecular flexibility index (Phi) is 7.08. The Morgan fingerprint density at radius 1 is 1.35 bits per heavy atom. The summed E-state index contributed by atoms with van der Waals surface area (Å²) >= 11 is 0. The lowest BCUT2D eigenvalue weighted by molar-refractivity contribution is 0.199. The molecule has 0 aromatic heterocycles. The lowest BCUT2D eigenvalue weighted by Gasteiger charge is -2.05. The van der Waals surface area contributed by atoms with Crippen LogP contribution in [-0.4, -0.2) is 36.8 Å². The molecule has 0 radical (unpaired) electrons. The summed E-state index contributed by atoms with van der Waals surface area (Å²) in [6.45, 7) is 4.49. The van der Waals surface area contributed by atoms with Gasteiger partial charge in [0.25, 0.3) is 0 Å². The molecule has 1 aromatic rings. The van der Waals surface area contributed by atoms with E-state index in [0.29, 0.717) is 5.75 Å². The van der Waals surface area contributed by atoms with Crippen LogP contribution in [0.3, 0.4) is 0 Å². The molecule has 1 rings (SSSR count). The molecule has 1 aromatic carbocycles. The van der Waals surface area contributed by atoms with Crippen molar-refractivity contribution >= 4 is 10.8 Å². The molecule has 0 spiro atoms. The van der Waals surface area contributed by atoms with Gasteiger partial charge in [-0.15, -0.1) is 0 Å². The van der Waals surface area contributed by atoms with Gasteiger partial charge in [0.2, 0.25) is 0 Å². The van der Waals surface area contributed by atoms with Gasteiger partial charge >= 0.3 is 0 Å². The molecule has 0 amide bonds. The number of ether oxygens (including phenoxy) is 1. The van der Waals surface area contributed by atoms with E-state index in [4.69, 9.17) is 4.74 Å². The third-order valence-electron chi connectivity index (χ3n) is 2.42. The van der Waals surface area contributed by atoms with Gasteiger partial charge in [-0.1, -0.05) is 12.1 Å². The summed E-state index contributed by atoms with van der Waals surface area (Å²) in [6.07, 6.45) is 0.921. The number of benzene rings is 1. The van der Waals surface area contributed by atoms with Gasteiger partial charge in [-0.05, 0) is 37.6 Å². The number of methoxy groups -OCH3 is 1. The van der Waals surface area contributed by atoms with Crippen molar-refractivity contribution in [2.75, 3.05) is 32.6 Å². The summed E-state index contributed by atoms with van der Waals surface area (Å²) in [5.74, 6) is 0.712. The van der Waals surface area contributed by atoms with Crippen LogP contribution < -0.4 is 5.32 Å². The average Bonchev–Trinajstić information content (AvgIpc) is 2.33. The SMILES string of the molecule is COCCNCCCS(=O)c1cccc(C)c1. The Labute approximate surface area is 106 Å². The lowest BCUT2D eigenvalue weighted by atomic mass is 10.2. The zero-order chi connectivity index (χ0) is 12.5. The van der Waals surface area contributed by atoms with Gasteiger partial charge in [0.15, 0.2) is 0 Å². The smallest absolute Gasteiger partial charge is 0.0587 e. The van der Waals surface area contributed by atoms with Crippen LogP contribution in [-0.2, 0) is 15.5 Å². The van der Waals surface area contributed by atoms with Gasteiger partial charge < -0.3 is 10.1 Å². The molecule has 0 heterocycles. The topological polar surface area (TPSA) is 38.3 Å². The fourth-order valence-corrected chi connectivity index (χ4v) is 2.69. The van der Waals surface area contributed by atoms with Crippen molar-refractivity contribution in [2.24, 2.45) is 0 Å². The summed E-state index contributed by atoms with van der Waals surface area (Å²) in [5.41, 5.74) is 1.16. The highest BCUT2D eigenvalue weighted by atomic mass is 32.2. The summed E-state index contributed by atoms with van der Waals surface area (Å²) in [6, 6.07) is 7.91. The Hall–Kier alpha value is -0.710. The molecule has 1 atom stereocenters. The second kappa shape index (κ2) is 8.39. The third kappa shape index (κ3) is 5.96. The van der Waals surface area contributed by atoms with Gasteiger partial charge in [0.1, 0.15) is 0 Å². The van der Waals surface area contributed by atoms with Crippen molar-refractivity contribution in [3.8, 4) is 0 Å². The molecule has 1 unspecified atom stereocenters. The first-order chi connectivity index (χ1) is 8.24. The quantitative estimate of drug-likeness (QED) is 0.719. The summed E-state index contributed by atoms with van der Waals surface area (Å²) in [4.78, 5) is 0.932. The van der Waals surface area contributed by atoms with Gasteiger partial charge in [0.05, 0.1) is 17.4 Å². The van der Waals surface area contributed by atoms with Crippen LogP contribution in [0.2, 0.25) is 0 Å². The second-order valence-corrected chi connectivity index (χ2v) is 5.53. The van der Waals surface area contributed by atoms with Crippen LogP contribution in [0.1, 0.15) is 12.0 Å². The van der Waals surface area contributed by atoms with Crippen molar-refractivity contribution in [1.82, 2.24) is 5.32 Å². The first-order valence-corrected chi connectivity index (χ1v) is 7.20. The van der Waals surface area contributed by atoms with Crippen LogP contribution >= 0.6 is 0 Å². The summed E-state index contributed by atoms with van der Waals surface area (Å²) < 4.78 is 16.9. The van der Waals surface area contributed by atoms with Crippen LogP contribution in [0.25, 0.3) is 0 Å². The molecule has 96 valence electrons. The van der Waals surface area contributed by atoms with Crippen LogP contribution in [0.5, 0.6) is 0 Å². The second-order valence-electron chi connectivity index (χ2n) is 3.96. The minimum absolute atomic E-state index is 0.712. The van der Waals surface area contributed by atoms with Crippen LogP contribution in [0, 0.1) is 6.92 Å². The van der Waals surface area contributed by atoms with E-state index in [1.807, 2.05) is 31.2 Å². The summed E-state index contributed by atoms with van der Waals surface area (Å²) in [5, 5.41) is 3.25. The third-order valence-corrected chi connectivity index (χ3v) is 3.86. The zero-order valence-corrected chi connectivity index (χ0v) is 11.4. The highest BCUT2D eigenvalue weighted by Crippen LogP contribution is 2.09. The van der Waals surface area contributed by atoms with E-state index in [9.17, 15) is 4.21 Å². The van der Waals surface area contributed by atoms with E-state index < -0.39 is 10.8 Å². The molecule has 0 saturated carbocycles. The number of nitrogens with one attached hydrogen (secondary N) is 1. The van der Waals surface area contributed by atoms with Crippen molar-refractivity contribution in [3.63, 3.8) is 0 Å². The minimum Gasteiger partial charge on any atom is -0.383 e. The predicted octanol–water partition coefficient (Wildman–Crippen LogP) is 1.73. The van der Waals surface area contributed by atoms with Gasteiger partial charge in [-0.2, -0.15) is 0 Å². The van der Waals surface area contributed by atoms with Gasteiger partial charge in [0, 0.05) is 24.3 Å². The predicted molar refractivity (Wildman–Crippen MR) is 71.8 cm³/mol. The number of aryl methyl sites for hydroxylation is 1. The van der Waals surface area contributed by atoms with E-state index in [2.05, 4.69) is 5.32 Å². The van der Waals surface area contributed by atoms with Gasteiger partial charge in [-0.3, -0.25) is 4.21 Å². The van der Waals surface area contributed by atoms with E-state index in [0.717, 1.165) is 36.6 Å². The molecule has 0 aliphatic heterocycles. The number of rotatable bonds is 8. The minimum atomic E-state index is -0.872. The van der Waals surface area contributed by atoms with E-state index in [1.165, 1.54) is 0 Å². The average molecular weight is 255 g/mol. The largest absolute Gasteiger partial charge is 0.383 e. The molecule has 0 saturated heterocycles. The molecule has 4 heteroatoms. The van der Waals surface area contributed by atoms with Crippen molar-refractivity contribution in [1.29, 1.82) is 0 Å². The zero-order valence-electron chi connectivity index (χ0n) is 10.6. The highest BCUT2D eigenvalue weighted by Gasteiger charge is 2.03. The van der Waals surface area contributed by atoms with Crippen molar-refractivity contribution in [2.45, 2.75) is 18.2 Å². The molecule has 3 nitrogen and oxygen atoms in total. The van der Waals surface area contributed by atoms with Crippen molar-refractivity contribution in [3.05, 3.63) is 29.8 Å². The Balaban J connectivity index is 2.21. The lowest BCUT2D eigenvalue weighted by Crippen LogP contribution is -2.21. The molecule has 0 bridgehead atoms. The maximum Gasteiger partial charge on any atom is 0.0587 e. The van der Waals surface area contributed by atoms with Crippen LogP contribution in [0.4, 0.5) is 0 Å². The first kappa shape index (κ1) is 14.4.